The number of fused-ring (bicyclic) bond motifs is 2. The van der Waals surface area contributed by atoms with Crippen molar-refractivity contribution in [3.05, 3.63) is 64.7 Å². The molecule has 0 aliphatic carbocycles. The van der Waals surface area contributed by atoms with Crippen LogP contribution < -0.4 is 10.1 Å². The largest absolute Gasteiger partial charge is 0.493 e. The van der Waals surface area contributed by atoms with Gasteiger partial charge in [-0.3, -0.25) is 4.79 Å². The van der Waals surface area contributed by atoms with E-state index < -0.39 is 12.1 Å². The van der Waals surface area contributed by atoms with Gasteiger partial charge in [-0.1, -0.05) is 24.3 Å². The van der Waals surface area contributed by atoms with Crippen LogP contribution in [0.4, 0.5) is 0 Å². The first kappa shape index (κ1) is 17.5. The van der Waals surface area contributed by atoms with E-state index in [0.717, 1.165) is 22.4 Å². The molecule has 1 N–H and O–H groups in total. The minimum absolute atomic E-state index is 0.152. The van der Waals surface area contributed by atoms with Crippen molar-refractivity contribution in [2.45, 2.75) is 38.7 Å². The van der Waals surface area contributed by atoms with Crippen molar-refractivity contribution >= 4 is 11.9 Å². The van der Waals surface area contributed by atoms with Gasteiger partial charge in [0.2, 0.25) is 0 Å². The fourth-order valence-electron chi connectivity index (χ4n) is 3.36. The zero-order valence-corrected chi connectivity index (χ0v) is 15.1. The summed E-state index contributed by atoms with van der Waals surface area (Å²) in [5.74, 6) is -0.0617. The Morgan fingerprint density at radius 1 is 1.15 bits per heavy atom. The lowest BCUT2D eigenvalue weighted by Gasteiger charge is -2.27. The summed E-state index contributed by atoms with van der Waals surface area (Å²) >= 11 is 0. The van der Waals surface area contributed by atoms with Crippen molar-refractivity contribution in [3.63, 3.8) is 0 Å². The fraction of sp³-hybridized carbons (Fsp3) is 0.333. The summed E-state index contributed by atoms with van der Waals surface area (Å²) in [4.78, 5) is 24.9. The molecule has 6 nitrogen and oxygen atoms in total. The lowest BCUT2D eigenvalue weighted by atomic mass is 10.0. The minimum Gasteiger partial charge on any atom is -0.493 e. The average molecular weight is 367 g/mol. The number of ether oxygens (including phenoxy) is 3. The van der Waals surface area contributed by atoms with Crippen LogP contribution in [0.1, 0.15) is 46.4 Å². The molecular weight excluding hydrogens is 346 g/mol. The summed E-state index contributed by atoms with van der Waals surface area (Å²) in [5, 5.41) is 2.96. The van der Waals surface area contributed by atoms with Crippen LogP contribution >= 0.6 is 0 Å². The van der Waals surface area contributed by atoms with Crippen LogP contribution in [0.3, 0.4) is 0 Å². The average Bonchev–Trinajstić information content (AvgIpc) is 3.16. The smallest absolute Gasteiger partial charge is 0.338 e. The van der Waals surface area contributed by atoms with Crippen molar-refractivity contribution in [3.8, 4) is 5.75 Å². The molecule has 2 aliphatic heterocycles. The molecule has 2 heterocycles. The molecule has 0 fully saturated rings. The zero-order valence-electron chi connectivity index (χ0n) is 15.1. The normalized spacial score (nSPS) is 18.6. The summed E-state index contributed by atoms with van der Waals surface area (Å²) in [5.41, 5.74) is 3.43. The highest BCUT2D eigenvalue weighted by Gasteiger charge is 2.26. The van der Waals surface area contributed by atoms with Crippen molar-refractivity contribution < 1.29 is 23.8 Å². The van der Waals surface area contributed by atoms with Crippen LogP contribution in [0.25, 0.3) is 0 Å². The van der Waals surface area contributed by atoms with E-state index in [1.54, 1.807) is 19.1 Å². The summed E-state index contributed by atoms with van der Waals surface area (Å²) in [6.45, 7) is 3.17. The van der Waals surface area contributed by atoms with Crippen molar-refractivity contribution in [2.24, 2.45) is 0 Å². The monoisotopic (exact) mass is 367 g/mol. The predicted molar refractivity (Wildman–Crippen MR) is 97.3 cm³/mol. The maximum Gasteiger partial charge on any atom is 0.338 e. The van der Waals surface area contributed by atoms with E-state index in [4.69, 9.17) is 14.2 Å². The number of hydrogen-bond acceptors (Lipinski definition) is 5. The van der Waals surface area contributed by atoms with Gasteiger partial charge in [0.15, 0.2) is 6.10 Å². The number of rotatable bonds is 4. The van der Waals surface area contributed by atoms with Crippen LogP contribution in [0.15, 0.2) is 42.5 Å². The summed E-state index contributed by atoms with van der Waals surface area (Å²) in [6, 6.07) is 12.8. The van der Waals surface area contributed by atoms with E-state index >= 15 is 0 Å². The van der Waals surface area contributed by atoms with Crippen LogP contribution in [-0.4, -0.2) is 24.6 Å². The van der Waals surface area contributed by atoms with Gasteiger partial charge in [0.25, 0.3) is 5.91 Å². The molecule has 2 aromatic carbocycles. The van der Waals surface area contributed by atoms with Gasteiger partial charge in [0.1, 0.15) is 5.75 Å². The van der Waals surface area contributed by atoms with Gasteiger partial charge in [0, 0.05) is 12.0 Å². The first-order valence-electron chi connectivity index (χ1n) is 9.04. The van der Waals surface area contributed by atoms with Crippen LogP contribution in [0, 0.1) is 0 Å². The maximum atomic E-state index is 12.5. The van der Waals surface area contributed by atoms with Crippen LogP contribution in [0.5, 0.6) is 5.75 Å². The van der Waals surface area contributed by atoms with E-state index in [2.05, 4.69) is 5.32 Å². The molecule has 0 radical (unpaired) electrons. The number of nitrogens with one attached hydrogen (secondary N) is 1. The third kappa shape index (κ3) is 3.66. The second-order valence-corrected chi connectivity index (χ2v) is 6.76. The maximum absolute atomic E-state index is 12.5. The Labute approximate surface area is 157 Å². The second kappa shape index (κ2) is 7.40. The summed E-state index contributed by atoms with van der Waals surface area (Å²) < 4.78 is 16.3. The number of carbonyl (C=O) groups excluding carboxylic acids is 2. The fourth-order valence-corrected chi connectivity index (χ4v) is 3.36. The topological polar surface area (TPSA) is 73.9 Å². The molecule has 27 heavy (non-hydrogen) atoms. The molecule has 0 saturated heterocycles. The van der Waals surface area contributed by atoms with E-state index in [1.165, 1.54) is 0 Å². The quantitative estimate of drug-likeness (QED) is 0.841. The Morgan fingerprint density at radius 2 is 1.96 bits per heavy atom. The Balaban J connectivity index is 1.39. The molecule has 4 rings (SSSR count). The molecule has 2 aliphatic rings. The van der Waals surface area contributed by atoms with Gasteiger partial charge in [-0.2, -0.15) is 0 Å². The highest BCUT2D eigenvalue weighted by molar-refractivity contribution is 5.92. The summed E-state index contributed by atoms with van der Waals surface area (Å²) in [7, 11) is 0. The Morgan fingerprint density at radius 3 is 2.85 bits per heavy atom. The molecule has 1 amide bonds. The van der Waals surface area contributed by atoms with E-state index in [1.807, 2.05) is 30.3 Å². The molecule has 0 aromatic heterocycles. The first-order chi connectivity index (χ1) is 13.1. The molecular formula is C21H21NO5. The lowest BCUT2D eigenvalue weighted by Crippen LogP contribution is -2.39. The van der Waals surface area contributed by atoms with Gasteiger partial charge >= 0.3 is 5.97 Å². The molecule has 0 unspecified atom stereocenters. The standard InChI is InChI=1S/C21H21NO5/c1-13(27-21(24)14-6-7-15-11-25-12-16(15)10-14)20(23)22-18-8-9-26-19-5-3-2-4-17(18)19/h2-7,10,13,18H,8-9,11-12H2,1H3,(H,22,23)/t13-,18-/m0/s1. The van der Waals surface area contributed by atoms with E-state index in [-0.39, 0.29) is 11.9 Å². The van der Waals surface area contributed by atoms with Crippen molar-refractivity contribution in [2.75, 3.05) is 6.61 Å². The van der Waals surface area contributed by atoms with Gasteiger partial charge < -0.3 is 19.5 Å². The number of amides is 1. The Bertz CT molecular complexity index is 879. The third-order valence-corrected chi connectivity index (χ3v) is 4.89. The lowest BCUT2D eigenvalue weighted by molar-refractivity contribution is -0.130. The van der Waals surface area contributed by atoms with Crippen LogP contribution in [-0.2, 0) is 27.5 Å². The SMILES string of the molecule is C[C@H](OC(=O)c1ccc2c(c1)COC2)C(=O)N[C@H]1CCOc2ccccc21. The number of esters is 1. The number of carbonyl (C=O) groups is 2. The Kier molecular flexibility index (Phi) is 4.81. The van der Waals surface area contributed by atoms with Gasteiger partial charge in [-0.25, -0.2) is 4.79 Å². The first-order valence-corrected chi connectivity index (χ1v) is 9.04. The Hall–Kier alpha value is -2.86. The third-order valence-electron chi connectivity index (χ3n) is 4.89. The molecule has 2 atom stereocenters. The summed E-state index contributed by atoms with van der Waals surface area (Å²) in [6.07, 6.45) is -0.217. The second-order valence-electron chi connectivity index (χ2n) is 6.76. The van der Waals surface area contributed by atoms with Gasteiger partial charge in [-0.15, -0.1) is 0 Å². The van der Waals surface area contributed by atoms with Gasteiger partial charge in [0.05, 0.1) is 31.4 Å². The number of hydrogen-bond donors (Lipinski definition) is 1. The molecule has 6 heteroatoms. The number of para-hydroxylation sites is 1. The molecule has 0 spiro atoms. The van der Waals surface area contributed by atoms with Crippen LogP contribution in [0.2, 0.25) is 0 Å². The van der Waals surface area contributed by atoms with Crippen molar-refractivity contribution in [1.82, 2.24) is 5.32 Å². The predicted octanol–water partition coefficient (Wildman–Crippen LogP) is 2.90. The highest BCUT2D eigenvalue weighted by Crippen LogP contribution is 2.31. The zero-order chi connectivity index (χ0) is 18.8. The minimum atomic E-state index is -0.892. The molecule has 2 aromatic rings. The van der Waals surface area contributed by atoms with E-state index in [0.29, 0.717) is 31.8 Å². The van der Waals surface area contributed by atoms with Gasteiger partial charge in [-0.05, 0) is 36.2 Å². The highest BCUT2D eigenvalue weighted by atomic mass is 16.5. The number of benzene rings is 2. The van der Waals surface area contributed by atoms with Crippen molar-refractivity contribution in [1.29, 1.82) is 0 Å². The van der Waals surface area contributed by atoms with E-state index in [9.17, 15) is 9.59 Å². The molecule has 0 saturated carbocycles. The molecule has 140 valence electrons. The molecule has 0 bridgehead atoms.